The summed E-state index contributed by atoms with van der Waals surface area (Å²) in [6, 6.07) is 18.4. The van der Waals surface area contributed by atoms with E-state index in [1.54, 1.807) is 0 Å². The first kappa shape index (κ1) is 20.2. The van der Waals surface area contributed by atoms with E-state index in [4.69, 9.17) is 14.9 Å². The van der Waals surface area contributed by atoms with E-state index in [1.807, 2.05) is 43.3 Å². The highest BCUT2D eigenvalue weighted by atomic mass is 28.4. The van der Waals surface area contributed by atoms with Crippen molar-refractivity contribution in [3.8, 4) is 11.8 Å². The summed E-state index contributed by atoms with van der Waals surface area (Å²) in [5.74, 6) is 0.801. The summed E-state index contributed by atoms with van der Waals surface area (Å²) in [5.41, 5.74) is 8.08. The Morgan fingerprint density at radius 2 is 1.96 bits per heavy atom. The van der Waals surface area contributed by atoms with Crippen molar-refractivity contribution in [2.45, 2.75) is 51.2 Å². The number of anilines is 2. The number of benzene rings is 2. The van der Waals surface area contributed by atoms with Gasteiger partial charge in [0.1, 0.15) is 17.5 Å². The van der Waals surface area contributed by atoms with E-state index in [-0.39, 0.29) is 6.10 Å². The minimum absolute atomic E-state index is 0.138. The fraction of sp³-hybridized carbons (Fsp3) is 0.409. The summed E-state index contributed by atoms with van der Waals surface area (Å²) in [7, 11) is -1.86. The average molecular weight is 396 g/mol. The highest BCUT2D eigenvalue weighted by molar-refractivity contribution is 6.69. The fourth-order valence-electron chi connectivity index (χ4n) is 3.72. The van der Waals surface area contributed by atoms with Crippen molar-refractivity contribution in [2.24, 2.45) is 0 Å². The van der Waals surface area contributed by atoms with Gasteiger partial charge in [-0.05, 0) is 50.3 Å². The quantitative estimate of drug-likeness (QED) is 0.573. The van der Waals surface area contributed by atoms with Crippen molar-refractivity contribution in [3.05, 3.63) is 54.1 Å². The van der Waals surface area contributed by atoms with Gasteiger partial charge in [-0.2, -0.15) is 5.26 Å². The molecule has 0 spiro atoms. The van der Waals surface area contributed by atoms with Crippen LogP contribution >= 0.6 is 0 Å². The Kier molecular flexibility index (Phi) is 5.68. The Hall–Kier alpha value is -2.49. The first-order valence-corrected chi connectivity index (χ1v) is 13.0. The summed E-state index contributed by atoms with van der Waals surface area (Å²) in [6.07, 6.45) is 0.379. The summed E-state index contributed by atoms with van der Waals surface area (Å²) < 4.78 is 12.5. The first-order chi connectivity index (χ1) is 13.2. The van der Waals surface area contributed by atoms with Gasteiger partial charge in [0.2, 0.25) is 0 Å². The maximum absolute atomic E-state index is 9.77. The summed E-state index contributed by atoms with van der Waals surface area (Å²) >= 11 is 0. The number of rotatable bonds is 6. The Bertz CT molecular complexity index is 860. The summed E-state index contributed by atoms with van der Waals surface area (Å²) in [6.45, 7) is 9.61. The van der Waals surface area contributed by atoms with Crippen LogP contribution in [0.25, 0.3) is 0 Å². The second-order valence-corrected chi connectivity index (χ2v) is 13.0. The molecule has 0 aromatic heterocycles. The molecular weight excluding hydrogens is 366 g/mol. The predicted octanol–water partition coefficient (Wildman–Crippen LogP) is 4.56. The summed E-state index contributed by atoms with van der Waals surface area (Å²) in [5, 5.41) is 9.77. The van der Waals surface area contributed by atoms with Gasteiger partial charge in [0.15, 0.2) is 8.32 Å². The molecule has 0 aliphatic carbocycles. The number of nitrogens with zero attached hydrogens (tertiary/aromatic N) is 2. The molecule has 0 radical (unpaired) electrons. The van der Waals surface area contributed by atoms with Gasteiger partial charge >= 0.3 is 0 Å². The average Bonchev–Trinajstić information content (AvgIpc) is 2.61. The van der Waals surface area contributed by atoms with Gasteiger partial charge in [0.25, 0.3) is 0 Å². The zero-order valence-electron chi connectivity index (χ0n) is 17.1. The van der Waals surface area contributed by atoms with E-state index < -0.39 is 13.9 Å². The van der Waals surface area contributed by atoms with Crippen LogP contribution in [0, 0.1) is 11.3 Å². The highest BCUT2D eigenvalue weighted by Gasteiger charge is 2.37. The Balaban J connectivity index is 1.85. The molecule has 2 atom stereocenters. The molecule has 1 aliphatic rings. The fourth-order valence-corrected chi connectivity index (χ4v) is 5.20. The second kappa shape index (κ2) is 7.86. The van der Waals surface area contributed by atoms with Crippen LogP contribution in [0.5, 0.6) is 5.75 Å². The number of nitrogens with two attached hydrogens (primary N) is 1. The monoisotopic (exact) mass is 395 g/mol. The molecule has 2 N–H and O–H groups in total. The van der Waals surface area contributed by atoms with Crippen LogP contribution < -0.4 is 15.4 Å². The molecule has 28 heavy (non-hydrogen) atoms. The first-order valence-electron chi connectivity index (χ1n) is 9.64. The zero-order chi connectivity index (χ0) is 20.4. The maximum atomic E-state index is 9.77. The molecule has 0 saturated carbocycles. The summed E-state index contributed by atoms with van der Waals surface area (Å²) in [4.78, 5) is 2.28. The van der Waals surface area contributed by atoms with E-state index >= 15 is 0 Å². The topological polar surface area (TPSA) is 71.5 Å². The molecule has 3 rings (SSSR count). The van der Waals surface area contributed by atoms with E-state index in [1.165, 1.54) is 5.56 Å². The molecule has 1 unspecified atom stereocenters. The number of ether oxygens (including phenoxy) is 1. The largest absolute Gasteiger partial charge is 0.486 e. The van der Waals surface area contributed by atoms with E-state index in [9.17, 15) is 5.26 Å². The standard InChI is InChI=1S/C22H29N3O2Si/c1-22(16-23,27-28(2,3)4)13-19-15-25(14-17-8-6-5-7-9-17)20-12-18(24)10-11-21(20)26-19/h5-12,19H,13-15,24H2,1-4H3/t19-,22?/m0/s1. The number of nitriles is 1. The smallest absolute Gasteiger partial charge is 0.185 e. The lowest BCUT2D eigenvalue weighted by Gasteiger charge is -2.40. The Morgan fingerprint density at radius 1 is 1.25 bits per heavy atom. The third kappa shape index (κ3) is 5.06. The molecule has 0 saturated heterocycles. The number of fused-ring (bicyclic) bond motifs is 1. The molecule has 0 fully saturated rings. The third-order valence-corrected chi connectivity index (χ3v) is 5.71. The second-order valence-electron chi connectivity index (χ2n) is 8.59. The molecule has 2 aromatic carbocycles. The molecule has 1 aliphatic heterocycles. The minimum Gasteiger partial charge on any atom is -0.486 e. The van der Waals surface area contributed by atoms with Gasteiger partial charge < -0.3 is 19.8 Å². The van der Waals surface area contributed by atoms with Crippen LogP contribution in [0.4, 0.5) is 11.4 Å². The Labute approximate surface area is 168 Å². The van der Waals surface area contributed by atoms with Gasteiger partial charge in [-0.3, -0.25) is 0 Å². The number of hydrogen-bond donors (Lipinski definition) is 1. The molecule has 5 nitrogen and oxygen atoms in total. The minimum atomic E-state index is -1.86. The van der Waals surface area contributed by atoms with Crippen molar-refractivity contribution < 1.29 is 9.16 Å². The Morgan fingerprint density at radius 3 is 2.61 bits per heavy atom. The lowest BCUT2D eigenvalue weighted by Crippen LogP contribution is -2.47. The lowest BCUT2D eigenvalue weighted by atomic mass is 9.98. The van der Waals surface area contributed by atoms with Crippen LogP contribution in [-0.2, 0) is 11.0 Å². The predicted molar refractivity (Wildman–Crippen MR) is 116 cm³/mol. The lowest BCUT2D eigenvalue weighted by molar-refractivity contribution is 0.0685. The van der Waals surface area contributed by atoms with Crippen molar-refractivity contribution in [1.82, 2.24) is 0 Å². The van der Waals surface area contributed by atoms with Crippen LogP contribution in [0.3, 0.4) is 0 Å². The van der Waals surface area contributed by atoms with Crippen molar-refractivity contribution >= 4 is 19.7 Å². The molecule has 2 aromatic rings. The van der Waals surface area contributed by atoms with Gasteiger partial charge in [0, 0.05) is 18.7 Å². The molecule has 0 bridgehead atoms. The molecular formula is C22H29N3O2Si. The normalized spacial score (nSPS) is 18.5. The van der Waals surface area contributed by atoms with Crippen molar-refractivity contribution in [2.75, 3.05) is 17.2 Å². The van der Waals surface area contributed by atoms with Crippen molar-refractivity contribution in [3.63, 3.8) is 0 Å². The number of hydrogen-bond acceptors (Lipinski definition) is 5. The van der Waals surface area contributed by atoms with Crippen LogP contribution in [0.2, 0.25) is 19.6 Å². The molecule has 6 heteroatoms. The molecule has 148 valence electrons. The SMILES string of the molecule is CC(C#N)(C[C@H]1CN(Cc2ccccc2)c2cc(N)ccc2O1)O[Si](C)(C)C. The van der Waals surface area contributed by atoms with E-state index in [0.717, 1.165) is 18.0 Å². The van der Waals surface area contributed by atoms with Gasteiger partial charge in [-0.15, -0.1) is 0 Å². The third-order valence-electron chi connectivity index (χ3n) is 4.64. The maximum Gasteiger partial charge on any atom is 0.185 e. The van der Waals surface area contributed by atoms with Crippen LogP contribution in [-0.4, -0.2) is 26.6 Å². The molecule has 0 amide bonds. The van der Waals surface area contributed by atoms with Gasteiger partial charge in [0.05, 0.1) is 18.3 Å². The van der Waals surface area contributed by atoms with Crippen molar-refractivity contribution in [1.29, 1.82) is 5.26 Å². The van der Waals surface area contributed by atoms with Gasteiger partial charge in [-0.25, -0.2) is 0 Å². The van der Waals surface area contributed by atoms with Crippen LogP contribution in [0.15, 0.2) is 48.5 Å². The number of nitrogen functional groups attached to an aromatic ring is 1. The van der Waals surface area contributed by atoms with E-state index in [0.29, 0.717) is 18.7 Å². The zero-order valence-corrected chi connectivity index (χ0v) is 18.1. The van der Waals surface area contributed by atoms with Crippen LogP contribution in [0.1, 0.15) is 18.9 Å². The molecule has 1 heterocycles. The van der Waals surface area contributed by atoms with Gasteiger partial charge in [-0.1, -0.05) is 30.3 Å². The van der Waals surface area contributed by atoms with E-state index in [2.05, 4.69) is 42.7 Å². The highest BCUT2D eigenvalue weighted by Crippen LogP contribution is 2.38.